The lowest BCUT2D eigenvalue weighted by Crippen LogP contribution is -2.41. The molecule has 1 N–H and O–H groups in total. The zero-order chi connectivity index (χ0) is 20.2. The zero-order valence-electron chi connectivity index (χ0n) is 16.2. The number of amides is 1. The molecule has 0 saturated carbocycles. The molecule has 2 atom stereocenters. The molecule has 1 aromatic carbocycles. The molecule has 1 aliphatic rings. The van der Waals surface area contributed by atoms with Gasteiger partial charge in [-0.05, 0) is 36.5 Å². The number of hydrogen-bond donors (Lipinski definition) is 1. The standard InChI is InChI=1S/C20H27F3N2O2/c1-5-13(4)10-25-19(26)18(8-12(2)3)27-14-6-7-15(17-11-24-17)16(9-14)20(21,22)23/h6-7,9,12-13,18H,5,8,10-11H2,1-4H3,(H,25,26). The van der Waals surface area contributed by atoms with Crippen LogP contribution in [0.15, 0.2) is 23.2 Å². The van der Waals surface area contributed by atoms with E-state index in [-0.39, 0.29) is 23.1 Å². The van der Waals surface area contributed by atoms with E-state index in [9.17, 15) is 18.0 Å². The molecule has 0 radical (unpaired) electrons. The second-order valence-corrected chi connectivity index (χ2v) is 7.46. The van der Waals surface area contributed by atoms with Crippen LogP contribution in [0.3, 0.4) is 0 Å². The van der Waals surface area contributed by atoms with E-state index in [0.717, 1.165) is 12.5 Å². The highest BCUT2D eigenvalue weighted by molar-refractivity contribution is 6.11. The first-order chi connectivity index (χ1) is 12.6. The number of alkyl halides is 3. The van der Waals surface area contributed by atoms with E-state index in [4.69, 9.17) is 4.74 Å². The molecule has 0 bridgehead atoms. The SMILES string of the molecule is CCC(C)CNC(=O)C(CC(C)C)Oc1ccc(C2=NC2)c(C(F)(F)F)c1. The molecule has 150 valence electrons. The van der Waals surface area contributed by atoms with Gasteiger partial charge in [0.05, 0.1) is 17.8 Å². The molecule has 1 aromatic rings. The molecule has 0 aromatic heterocycles. The van der Waals surface area contributed by atoms with Crippen molar-refractivity contribution in [3.8, 4) is 5.75 Å². The Morgan fingerprint density at radius 1 is 1.30 bits per heavy atom. The predicted octanol–water partition coefficient (Wildman–Crippen LogP) is 4.46. The molecule has 0 spiro atoms. The summed E-state index contributed by atoms with van der Waals surface area (Å²) in [6, 6.07) is 3.81. The van der Waals surface area contributed by atoms with Gasteiger partial charge in [-0.2, -0.15) is 13.2 Å². The van der Waals surface area contributed by atoms with Crippen molar-refractivity contribution in [1.82, 2.24) is 5.32 Å². The Morgan fingerprint density at radius 3 is 2.48 bits per heavy atom. The molecule has 0 fully saturated rings. The van der Waals surface area contributed by atoms with Gasteiger partial charge in [-0.25, -0.2) is 0 Å². The fraction of sp³-hybridized carbons (Fsp3) is 0.600. The van der Waals surface area contributed by atoms with Gasteiger partial charge in [0.15, 0.2) is 6.10 Å². The van der Waals surface area contributed by atoms with E-state index in [1.165, 1.54) is 12.1 Å². The van der Waals surface area contributed by atoms with Gasteiger partial charge in [0.1, 0.15) is 5.75 Å². The number of carbonyl (C=O) groups is 1. The minimum Gasteiger partial charge on any atom is -0.481 e. The van der Waals surface area contributed by atoms with Crippen molar-refractivity contribution in [2.75, 3.05) is 13.1 Å². The minimum absolute atomic E-state index is 0.0386. The maximum atomic E-state index is 13.4. The molecule has 2 rings (SSSR count). The van der Waals surface area contributed by atoms with E-state index in [2.05, 4.69) is 10.3 Å². The fourth-order valence-electron chi connectivity index (χ4n) is 2.63. The lowest BCUT2D eigenvalue weighted by Gasteiger charge is -2.22. The summed E-state index contributed by atoms with van der Waals surface area (Å²) in [5, 5.41) is 2.84. The van der Waals surface area contributed by atoms with Gasteiger partial charge in [0.2, 0.25) is 0 Å². The normalized spacial score (nSPS) is 15.9. The van der Waals surface area contributed by atoms with Crippen molar-refractivity contribution in [2.45, 2.75) is 52.8 Å². The van der Waals surface area contributed by atoms with Gasteiger partial charge < -0.3 is 10.1 Å². The number of nitrogens with zero attached hydrogens (tertiary/aromatic N) is 1. The van der Waals surface area contributed by atoms with E-state index < -0.39 is 17.8 Å². The van der Waals surface area contributed by atoms with Crippen LogP contribution in [0.25, 0.3) is 0 Å². The summed E-state index contributed by atoms with van der Waals surface area (Å²) in [5.74, 6) is 0.223. The maximum absolute atomic E-state index is 13.4. The highest BCUT2D eigenvalue weighted by Crippen LogP contribution is 2.36. The topological polar surface area (TPSA) is 50.7 Å². The van der Waals surface area contributed by atoms with Crippen molar-refractivity contribution < 1.29 is 22.7 Å². The highest BCUT2D eigenvalue weighted by Gasteiger charge is 2.36. The van der Waals surface area contributed by atoms with Crippen LogP contribution in [0, 0.1) is 11.8 Å². The lowest BCUT2D eigenvalue weighted by molar-refractivity contribution is -0.137. The van der Waals surface area contributed by atoms with Crippen LogP contribution in [0.4, 0.5) is 13.2 Å². The van der Waals surface area contributed by atoms with E-state index in [1.807, 2.05) is 27.7 Å². The highest BCUT2D eigenvalue weighted by atomic mass is 19.4. The summed E-state index contributed by atoms with van der Waals surface area (Å²) < 4.78 is 45.8. The second-order valence-electron chi connectivity index (χ2n) is 7.46. The largest absolute Gasteiger partial charge is 0.481 e. The molecule has 4 nitrogen and oxygen atoms in total. The second kappa shape index (κ2) is 8.76. The lowest BCUT2D eigenvalue weighted by atomic mass is 10.0. The number of carbonyl (C=O) groups excluding carboxylic acids is 1. The molecule has 0 saturated heterocycles. The fourth-order valence-corrected chi connectivity index (χ4v) is 2.63. The zero-order valence-corrected chi connectivity index (χ0v) is 16.2. The van der Waals surface area contributed by atoms with Crippen LogP contribution in [-0.4, -0.2) is 30.8 Å². The Bertz CT molecular complexity index is 699. The van der Waals surface area contributed by atoms with Crippen LogP contribution in [0.5, 0.6) is 5.75 Å². The van der Waals surface area contributed by atoms with Crippen molar-refractivity contribution in [3.05, 3.63) is 29.3 Å². The van der Waals surface area contributed by atoms with Gasteiger partial charge in [0.25, 0.3) is 5.91 Å². The monoisotopic (exact) mass is 384 g/mol. The summed E-state index contributed by atoms with van der Waals surface area (Å²) in [4.78, 5) is 16.4. The smallest absolute Gasteiger partial charge is 0.417 e. The van der Waals surface area contributed by atoms with Crippen molar-refractivity contribution in [1.29, 1.82) is 0 Å². The van der Waals surface area contributed by atoms with Crippen molar-refractivity contribution >= 4 is 11.6 Å². The summed E-state index contributed by atoms with van der Waals surface area (Å²) in [6.07, 6.45) is -4.00. The van der Waals surface area contributed by atoms with Crippen LogP contribution in [-0.2, 0) is 11.0 Å². The number of rotatable bonds is 9. The van der Waals surface area contributed by atoms with Gasteiger partial charge in [-0.1, -0.05) is 34.1 Å². The third-order valence-corrected chi connectivity index (χ3v) is 4.50. The molecule has 1 amide bonds. The summed E-state index contributed by atoms with van der Waals surface area (Å²) >= 11 is 0. The third kappa shape index (κ3) is 6.26. The first-order valence-corrected chi connectivity index (χ1v) is 9.31. The molecule has 7 heteroatoms. The number of hydrogen-bond acceptors (Lipinski definition) is 3. The average molecular weight is 384 g/mol. The molecule has 1 heterocycles. The molecular weight excluding hydrogens is 357 g/mol. The molecular formula is C20H27F3N2O2. The van der Waals surface area contributed by atoms with Gasteiger partial charge in [0, 0.05) is 12.1 Å². The minimum atomic E-state index is -4.51. The molecule has 27 heavy (non-hydrogen) atoms. The number of ether oxygens (including phenoxy) is 1. The first-order valence-electron chi connectivity index (χ1n) is 9.31. The Labute approximate surface area is 158 Å². The van der Waals surface area contributed by atoms with Crippen LogP contribution < -0.4 is 10.1 Å². The Morgan fingerprint density at radius 2 is 1.96 bits per heavy atom. The van der Waals surface area contributed by atoms with Gasteiger partial charge >= 0.3 is 6.18 Å². The average Bonchev–Trinajstić information content (AvgIpc) is 3.42. The van der Waals surface area contributed by atoms with Crippen molar-refractivity contribution in [3.63, 3.8) is 0 Å². The molecule has 1 aliphatic heterocycles. The summed E-state index contributed by atoms with van der Waals surface area (Å²) in [5.41, 5.74) is -0.255. The predicted molar refractivity (Wildman–Crippen MR) is 99.2 cm³/mol. The molecule has 0 aliphatic carbocycles. The van der Waals surface area contributed by atoms with Crippen molar-refractivity contribution in [2.24, 2.45) is 16.8 Å². The first kappa shape index (κ1) is 21.3. The number of aliphatic imine (C=N–C) groups is 1. The van der Waals surface area contributed by atoms with Gasteiger partial charge in [-0.3, -0.25) is 9.79 Å². The third-order valence-electron chi connectivity index (χ3n) is 4.50. The number of halogens is 3. The number of benzene rings is 1. The number of nitrogens with one attached hydrogen (secondary N) is 1. The molecule has 2 unspecified atom stereocenters. The van der Waals surface area contributed by atoms with Crippen LogP contribution >= 0.6 is 0 Å². The Kier molecular flexibility index (Phi) is 6.89. The van der Waals surface area contributed by atoms with E-state index >= 15 is 0 Å². The van der Waals surface area contributed by atoms with E-state index in [1.54, 1.807) is 0 Å². The van der Waals surface area contributed by atoms with Gasteiger partial charge in [-0.15, -0.1) is 0 Å². The van der Waals surface area contributed by atoms with E-state index in [0.29, 0.717) is 31.1 Å². The Balaban J connectivity index is 2.18. The van der Waals surface area contributed by atoms with Crippen LogP contribution in [0.1, 0.15) is 51.7 Å². The van der Waals surface area contributed by atoms with Crippen LogP contribution in [0.2, 0.25) is 0 Å². The Hall–Kier alpha value is -2.05. The maximum Gasteiger partial charge on any atom is 0.417 e. The summed E-state index contributed by atoms with van der Waals surface area (Å²) in [6.45, 7) is 8.77. The summed E-state index contributed by atoms with van der Waals surface area (Å²) in [7, 11) is 0. The quantitative estimate of drug-likeness (QED) is 0.683.